The monoisotopic (exact) mass is 257 g/mol. The highest BCUT2D eigenvalue weighted by Crippen LogP contribution is 2.21. The Bertz CT molecular complexity index is 582. The van der Waals surface area contributed by atoms with Gasteiger partial charge in [-0.1, -0.05) is 12.1 Å². The molecule has 2 heterocycles. The molecule has 0 spiro atoms. The average molecular weight is 257 g/mol. The Labute approximate surface area is 113 Å². The molecule has 0 aliphatic carbocycles. The van der Waals surface area contributed by atoms with E-state index in [-0.39, 0.29) is 0 Å². The second kappa shape index (κ2) is 5.15. The first-order valence-corrected chi connectivity index (χ1v) is 6.72. The van der Waals surface area contributed by atoms with Crippen LogP contribution in [0.4, 0.5) is 0 Å². The van der Waals surface area contributed by atoms with Gasteiger partial charge < -0.3 is 9.88 Å². The first-order chi connectivity index (χ1) is 9.26. The van der Waals surface area contributed by atoms with Crippen molar-refractivity contribution in [1.29, 1.82) is 0 Å². The minimum Gasteiger partial charge on any atom is -0.361 e. The van der Waals surface area contributed by atoms with Crippen molar-refractivity contribution in [3.63, 3.8) is 0 Å². The summed E-state index contributed by atoms with van der Waals surface area (Å²) in [5.41, 5.74) is 3.09. The van der Waals surface area contributed by atoms with Crippen molar-refractivity contribution in [3.8, 4) is 0 Å². The van der Waals surface area contributed by atoms with E-state index in [1.807, 2.05) is 18.2 Å². The topological polar surface area (TPSA) is 39.3 Å². The molecule has 0 saturated carbocycles. The number of nitrogens with zero attached hydrogens (tertiary/aromatic N) is 2. The lowest BCUT2D eigenvalue weighted by molar-refractivity contribution is 0.112. The van der Waals surface area contributed by atoms with Crippen LogP contribution in [0.5, 0.6) is 0 Å². The molecule has 1 aromatic heterocycles. The van der Waals surface area contributed by atoms with Gasteiger partial charge in [0.15, 0.2) is 0 Å². The van der Waals surface area contributed by atoms with Gasteiger partial charge in [-0.15, -0.1) is 0 Å². The van der Waals surface area contributed by atoms with Crippen molar-refractivity contribution < 1.29 is 4.79 Å². The van der Waals surface area contributed by atoms with Crippen molar-refractivity contribution in [3.05, 3.63) is 35.5 Å². The average Bonchev–Trinajstić information content (AvgIpc) is 2.83. The highest BCUT2D eigenvalue weighted by Gasteiger charge is 2.15. The van der Waals surface area contributed by atoms with Gasteiger partial charge in [-0.05, 0) is 18.7 Å². The van der Waals surface area contributed by atoms with Gasteiger partial charge in [0.05, 0.1) is 0 Å². The fourth-order valence-corrected chi connectivity index (χ4v) is 2.65. The normalized spacial score (nSPS) is 17.9. The minimum absolute atomic E-state index is 0.723. The molecule has 0 bridgehead atoms. The predicted molar refractivity (Wildman–Crippen MR) is 76.5 cm³/mol. The summed E-state index contributed by atoms with van der Waals surface area (Å²) < 4.78 is 0. The highest BCUT2D eigenvalue weighted by atomic mass is 16.1. The van der Waals surface area contributed by atoms with Gasteiger partial charge in [-0.25, -0.2) is 0 Å². The molecule has 0 unspecified atom stereocenters. The van der Waals surface area contributed by atoms with Crippen LogP contribution in [0.2, 0.25) is 0 Å². The minimum atomic E-state index is 0.723. The summed E-state index contributed by atoms with van der Waals surface area (Å²) in [5, 5.41) is 1.23. The van der Waals surface area contributed by atoms with Crippen LogP contribution in [0, 0.1) is 0 Å². The summed E-state index contributed by atoms with van der Waals surface area (Å²) >= 11 is 0. The van der Waals surface area contributed by atoms with Crippen LogP contribution in [0.25, 0.3) is 10.9 Å². The zero-order valence-electron chi connectivity index (χ0n) is 11.2. The smallest absolute Gasteiger partial charge is 0.150 e. The van der Waals surface area contributed by atoms with Gasteiger partial charge in [0.1, 0.15) is 6.29 Å². The van der Waals surface area contributed by atoms with Crippen LogP contribution in [-0.4, -0.2) is 54.3 Å². The molecular formula is C15H19N3O. The molecule has 0 atom stereocenters. The Kier molecular flexibility index (Phi) is 3.36. The second-order valence-corrected chi connectivity index (χ2v) is 5.32. The summed E-state index contributed by atoms with van der Waals surface area (Å²) in [5.74, 6) is 0. The number of aldehydes is 1. The number of aromatic amines is 1. The zero-order valence-corrected chi connectivity index (χ0v) is 11.2. The molecule has 1 fully saturated rings. The molecule has 4 heteroatoms. The first kappa shape index (κ1) is 12.4. The fraction of sp³-hybridized carbons (Fsp3) is 0.400. The predicted octanol–water partition coefficient (Wildman–Crippen LogP) is 1.73. The number of aromatic nitrogens is 1. The van der Waals surface area contributed by atoms with E-state index in [9.17, 15) is 4.79 Å². The third-order valence-corrected chi connectivity index (χ3v) is 3.92. The number of H-pyrrole nitrogens is 1. The summed E-state index contributed by atoms with van der Waals surface area (Å²) in [6.45, 7) is 5.49. The molecule has 0 amide bonds. The lowest BCUT2D eigenvalue weighted by Gasteiger charge is -2.32. The Morgan fingerprint density at radius 1 is 1.26 bits per heavy atom. The molecule has 19 heavy (non-hydrogen) atoms. The quantitative estimate of drug-likeness (QED) is 0.851. The molecule has 3 rings (SSSR count). The number of fused-ring (bicyclic) bond motifs is 1. The summed E-state index contributed by atoms with van der Waals surface area (Å²) in [4.78, 5) is 18.9. The molecule has 0 radical (unpaired) electrons. The maximum absolute atomic E-state index is 10.8. The van der Waals surface area contributed by atoms with Crippen LogP contribution >= 0.6 is 0 Å². The summed E-state index contributed by atoms with van der Waals surface area (Å²) in [7, 11) is 2.17. The standard InChI is InChI=1S/C15H19N3O/c1-17-4-6-18(7-5-17)10-13-9-16-15-8-12(11-19)2-3-14(13)15/h2-3,8-9,11,16H,4-7,10H2,1H3. The van der Waals surface area contributed by atoms with Crippen LogP contribution in [0.15, 0.2) is 24.4 Å². The second-order valence-electron chi connectivity index (χ2n) is 5.32. The van der Waals surface area contributed by atoms with Crippen molar-refractivity contribution in [2.24, 2.45) is 0 Å². The molecule has 1 N–H and O–H groups in total. The number of hydrogen-bond donors (Lipinski definition) is 1. The Morgan fingerprint density at radius 3 is 2.79 bits per heavy atom. The van der Waals surface area contributed by atoms with Crippen molar-refractivity contribution >= 4 is 17.2 Å². The van der Waals surface area contributed by atoms with Crippen LogP contribution in [0.3, 0.4) is 0 Å². The van der Waals surface area contributed by atoms with E-state index in [4.69, 9.17) is 0 Å². The number of rotatable bonds is 3. The van der Waals surface area contributed by atoms with Gasteiger partial charge in [0, 0.05) is 55.4 Å². The largest absolute Gasteiger partial charge is 0.361 e. The van der Waals surface area contributed by atoms with Crippen molar-refractivity contribution in [1.82, 2.24) is 14.8 Å². The number of nitrogens with one attached hydrogen (secondary N) is 1. The Hall–Kier alpha value is -1.65. The molecule has 2 aromatic rings. The van der Waals surface area contributed by atoms with Crippen molar-refractivity contribution in [2.75, 3.05) is 33.2 Å². The van der Waals surface area contributed by atoms with Gasteiger partial charge in [-0.2, -0.15) is 0 Å². The summed E-state index contributed by atoms with van der Waals surface area (Å²) in [6, 6.07) is 5.84. The SMILES string of the molecule is CN1CCN(Cc2c[nH]c3cc(C=O)ccc23)CC1. The van der Waals surface area contributed by atoms with E-state index in [0.29, 0.717) is 0 Å². The number of carbonyl (C=O) groups excluding carboxylic acids is 1. The number of likely N-dealkylation sites (N-methyl/N-ethyl adjacent to an activating group) is 1. The lowest BCUT2D eigenvalue weighted by atomic mass is 10.1. The molecule has 1 aliphatic rings. The molecule has 1 saturated heterocycles. The van der Waals surface area contributed by atoms with Crippen LogP contribution in [-0.2, 0) is 6.54 Å². The third kappa shape index (κ3) is 2.55. The number of carbonyl (C=O) groups is 1. The van der Waals surface area contributed by atoms with Crippen LogP contribution < -0.4 is 0 Å². The van der Waals surface area contributed by atoms with Crippen LogP contribution in [0.1, 0.15) is 15.9 Å². The first-order valence-electron chi connectivity index (χ1n) is 6.72. The third-order valence-electron chi connectivity index (χ3n) is 3.92. The number of piperazine rings is 1. The van der Waals surface area contributed by atoms with E-state index in [0.717, 1.165) is 50.1 Å². The van der Waals surface area contributed by atoms with Crippen molar-refractivity contribution in [2.45, 2.75) is 6.54 Å². The van der Waals surface area contributed by atoms with E-state index in [1.54, 1.807) is 0 Å². The molecule has 100 valence electrons. The maximum Gasteiger partial charge on any atom is 0.150 e. The van der Waals surface area contributed by atoms with E-state index < -0.39 is 0 Å². The van der Waals surface area contributed by atoms with E-state index in [2.05, 4.69) is 28.0 Å². The Morgan fingerprint density at radius 2 is 2.05 bits per heavy atom. The lowest BCUT2D eigenvalue weighted by Crippen LogP contribution is -2.43. The van der Waals surface area contributed by atoms with Gasteiger partial charge in [0.2, 0.25) is 0 Å². The Balaban J connectivity index is 1.79. The maximum atomic E-state index is 10.8. The molecular weight excluding hydrogens is 238 g/mol. The van der Waals surface area contributed by atoms with Gasteiger partial charge >= 0.3 is 0 Å². The number of hydrogen-bond acceptors (Lipinski definition) is 3. The number of benzene rings is 1. The van der Waals surface area contributed by atoms with Gasteiger partial charge in [0.25, 0.3) is 0 Å². The van der Waals surface area contributed by atoms with E-state index >= 15 is 0 Å². The molecule has 1 aromatic carbocycles. The van der Waals surface area contributed by atoms with E-state index in [1.165, 1.54) is 10.9 Å². The summed E-state index contributed by atoms with van der Waals surface area (Å²) in [6.07, 6.45) is 2.96. The zero-order chi connectivity index (χ0) is 13.2. The highest BCUT2D eigenvalue weighted by molar-refractivity contribution is 5.89. The fourth-order valence-electron chi connectivity index (χ4n) is 2.65. The molecule has 1 aliphatic heterocycles. The molecule has 4 nitrogen and oxygen atoms in total. The van der Waals surface area contributed by atoms with Gasteiger partial charge in [-0.3, -0.25) is 9.69 Å².